The topological polar surface area (TPSA) is 38.8 Å². The van der Waals surface area contributed by atoms with Crippen molar-refractivity contribution in [3.05, 3.63) is 59.7 Å². The number of methoxy groups -OCH3 is 2. The van der Waals surface area contributed by atoms with Crippen molar-refractivity contribution >= 4 is 5.91 Å². The lowest BCUT2D eigenvalue weighted by atomic mass is 10.1. The van der Waals surface area contributed by atoms with Crippen molar-refractivity contribution in [2.45, 2.75) is 38.1 Å². The molecular formula is C22H27NO3. The van der Waals surface area contributed by atoms with Crippen LogP contribution in [-0.4, -0.2) is 37.6 Å². The van der Waals surface area contributed by atoms with Crippen molar-refractivity contribution in [1.29, 1.82) is 0 Å². The normalized spacial score (nSPS) is 14.2. The van der Waals surface area contributed by atoms with Crippen LogP contribution in [0.4, 0.5) is 0 Å². The highest BCUT2D eigenvalue weighted by Gasteiger charge is 2.27. The zero-order chi connectivity index (χ0) is 18.4. The van der Waals surface area contributed by atoms with Gasteiger partial charge in [0.15, 0.2) is 11.5 Å². The summed E-state index contributed by atoms with van der Waals surface area (Å²) < 4.78 is 10.7. The Labute approximate surface area is 155 Å². The first-order chi connectivity index (χ1) is 12.7. The van der Waals surface area contributed by atoms with Crippen LogP contribution in [-0.2, 0) is 6.42 Å². The maximum Gasteiger partial charge on any atom is 0.254 e. The second-order valence-corrected chi connectivity index (χ2v) is 6.74. The molecule has 1 fully saturated rings. The van der Waals surface area contributed by atoms with Crippen LogP contribution in [0.2, 0.25) is 0 Å². The summed E-state index contributed by atoms with van der Waals surface area (Å²) in [4.78, 5) is 15.3. The van der Waals surface area contributed by atoms with Gasteiger partial charge in [-0.1, -0.05) is 43.2 Å². The molecule has 1 amide bonds. The molecule has 0 heterocycles. The van der Waals surface area contributed by atoms with Crippen molar-refractivity contribution in [3.63, 3.8) is 0 Å². The molecule has 2 aromatic rings. The van der Waals surface area contributed by atoms with E-state index in [9.17, 15) is 4.79 Å². The minimum absolute atomic E-state index is 0.0776. The Morgan fingerprint density at radius 1 is 1.00 bits per heavy atom. The largest absolute Gasteiger partial charge is 0.493 e. The molecule has 0 bridgehead atoms. The monoisotopic (exact) mass is 353 g/mol. The molecule has 1 saturated carbocycles. The summed E-state index contributed by atoms with van der Waals surface area (Å²) in [6.07, 6.45) is 5.45. The van der Waals surface area contributed by atoms with Gasteiger partial charge < -0.3 is 14.4 Å². The fourth-order valence-corrected chi connectivity index (χ4v) is 3.70. The van der Waals surface area contributed by atoms with E-state index in [1.165, 1.54) is 18.4 Å². The van der Waals surface area contributed by atoms with Crippen LogP contribution in [0.15, 0.2) is 48.5 Å². The van der Waals surface area contributed by atoms with Crippen LogP contribution in [0.3, 0.4) is 0 Å². The van der Waals surface area contributed by atoms with Gasteiger partial charge in [0.1, 0.15) is 0 Å². The third-order valence-electron chi connectivity index (χ3n) is 5.14. The van der Waals surface area contributed by atoms with Gasteiger partial charge in [-0.05, 0) is 43.0 Å². The summed E-state index contributed by atoms with van der Waals surface area (Å²) in [6.45, 7) is 0.738. The quantitative estimate of drug-likeness (QED) is 0.744. The Bertz CT molecular complexity index is 723. The maximum absolute atomic E-state index is 13.3. The minimum atomic E-state index is 0.0776. The second kappa shape index (κ2) is 8.75. The molecule has 138 valence electrons. The molecule has 0 N–H and O–H groups in total. The van der Waals surface area contributed by atoms with Crippen molar-refractivity contribution in [3.8, 4) is 11.5 Å². The van der Waals surface area contributed by atoms with E-state index in [1.54, 1.807) is 26.4 Å². The number of nitrogens with zero attached hydrogens (tertiary/aromatic N) is 1. The molecule has 1 aliphatic rings. The summed E-state index contributed by atoms with van der Waals surface area (Å²) in [6, 6.07) is 16.1. The summed E-state index contributed by atoms with van der Waals surface area (Å²) in [7, 11) is 3.19. The van der Waals surface area contributed by atoms with Gasteiger partial charge in [-0.2, -0.15) is 0 Å². The number of benzene rings is 2. The lowest BCUT2D eigenvalue weighted by Gasteiger charge is -2.29. The zero-order valence-corrected chi connectivity index (χ0v) is 15.6. The SMILES string of the molecule is COc1ccc(C(=O)N(CCc2ccccc2)C2CCCC2)cc1OC. The van der Waals surface area contributed by atoms with Crippen LogP contribution in [0.1, 0.15) is 41.6 Å². The third-order valence-corrected chi connectivity index (χ3v) is 5.14. The van der Waals surface area contributed by atoms with Gasteiger partial charge >= 0.3 is 0 Å². The summed E-state index contributed by atoms with van der Waals surface area (Å²) in [5.41, 5.74) is 1.92. The smallest absolute Gasteiger partial charge is 0.254 e. The maximum atomic E-state index is 13.3. The van der Waals surface area contributed by atoms with Crippen LogP contribution in [0, 0.1) is 0 Å². The number of amides is 1. The highest BCUT2D eigenvalue weighted by atomic mass is 16.5. The molecule has 0 aliphatic heterocycles. The third kappa shape index (κ3) is 4.18. The number of carbonyl (C=O) groups is 1. The van der Waals surface area contributed by atoms with Gasteiger partial charge in [0.2, 0.25) is 0 Å². The van der Waals surface area contributed by atoms with Crippen LogP contribution < -0.4 is 9.47 Å². The Kier molecular flexibility index (Phi) is 6.16. The number of carbonyl (C=O) groups excluding carboxylic acids is 1. The van der Waals surface area contributed by atoms with E-state index in [0.29, 0.717) is 23.1 Å². The van der Waals surface area contributed by atoms with Gasteiger partial charge in [-0.25, -0.2) is 0 Å². The van der Waals surface area contributed by atoms with E-state index in [1.807, 2.05) is 24.3 Å². The average molecular weight is 353 g/mol. The average Bonchev–Trinajstić information content (AvgIpc) is 3.22. The molecule has 26 heavy (non-hydrogen) atoms. The van der Waals surface area contributed by atoms with E-state index in [2.05, 4.69) is 17.0 Å². The summed E-state index contributed by atoms with van der Waals surface area (Å²) >= 11 is 0. The van der Waals surface area contributed by atoms with Crippen LogP contribution in [0.25, 0.3) is 0 Å². The zero-order valence-electron chi connectivity index (χ0n) is 15.6. The number of hydrogen-bond acceptors (Lipinski definition) is 3. The molecular weight excluding hydrogens is 326 g/mol. The van der Waals surface area contributed by atoms with Gasteiger partial charge in [0.25, 0.3) is 5.91 Å². The summed E-state index contributed by atoms with van der Waals surface area (Å²) in [5, 5.41) is 0. The molecule has 1 aliphatic carbocycles. The highest BCUT2D eigenvalue weighted by Crippen LogP contribution is 2.30. The van der Waals surface area contributed by atoms with Gasteiger partial charge in [-0.3, -0.25) is 4.79 Å². The van der Waals surface area contributed by atoms with E-state index >= 15 is 0 Å². The predicted molar refractivity (Wildman–Crippen MR) is 103 cm³/mol. The lowest BCUT2D eigenvalue weighted by Crippen LogP contribution is -2.40. The fraction of sp³-hybridized carbons (Fsp3) is 0.409. The van der Waals surface area contributed by atoms with Gasteiger partial charge in [0.05, 0.1) is 14.2 Å². The molecule has 2 aromatic carbocycles. The minimum Gasteiger partial charge on any atom is -0.493 e. The van der Waals surface area contributed by atoms with E-state index in [0.717, 1.165) is 25.8 Å². The van der Waals surface area contributed by atoms with Gasteiger partial charge in [-0.15, -0.1) is 0 Å². The Hall–Kier alpha value is -2.49. The number of hydrogen-bond donors (Lipinski definition) is 0. The first kappa shape index (κ1) is 18.3. The van der Waals surface area contributed by atoms with Crippen molar-refractivity contribution < 1.29 is 14.3 Å². The lowest BCUT2D eigenvalue weighted by molar-refractivity contribution is 0.0683. The van der Waals surface area contributed by atoms with Crippen LogP contribution in [0.5, 0.6) is 11.5 Å². The Balaban J connectivity index is 1.80. The predicted octanol–water partition coefficient (Wildman–Crippen LogP) is 4.33. The van der Waals surface area contributed by atoms with Crippen molar-refractivity contribution in [1.82, 2.24) is 4.90 Å². The molecule has 0 unspecified atom stereocenters. The van der Waals surface area contributed by atoms with Gasteiger partial charge in [0, 0.05) is 18.2 Å². The molecule has 0 aromatic heterocycles. The van der Waals surface area contributed by atoms with E-state index in [-0.39, 0.29) is 5.91 Å². The first-order valence-corrected chi connectivity index (χ1v) is 9.30. The highest BCUT2D eigenvalue weighted by molar-refractivity contribution is 5.95. The molecule has 0 radical (unpaired) electrons. The summed E-state index contributed by atoms with van der Waals surface area (Å²) in [5.74, 6) is 1.31. The molecule has 4 heteroatoms. The Morgan fingerprint density at radius 2 is 1.69 bits per heavy atom. The van der Waals surface area contributed by atoms with E-state index < -0.39 is 0 Å². The molecule has 0 saturated heterocycles. The van der Waals surface area contributed by atoms with Crippen molar-refractivity contribution in [2.75, 3.05) is 20.8 Å². The van der Waals surface area contributed by atoms with Crippen LogP contribution >= 0.6 is 0 Å². The first-order valence-electron chi connectivity index (χ1n) is 9.30. The molecule has 0 atom stereocenters. The number of rotatable bonds is 7. The number of ether oxygens (including phenoxy) is 2. The second-order valence-electron chi connectivity index (χ2n) is 6.74. The Morgan fingerprint density at radius 3 is 2.35 bits per heavy atom. The standard InChI is InChI=1S/C22H27NO3/c1-25-20-13-12-18(16-21(20)26-2)22(24)23(19-10-6-7-11-19)15-14-17-8-4-3-5-9-17/h3-5,8-9,12-13,16,19H,6-7,10-11,14-15H2,1-2H3. The van der Waals surface area contributed by atoms with E-state index in [4.69, 9.17) is 9.47 Å². The molecule has 0 spiro atoms. The van der Waals surface area contributed by atoms with Crippen molar-refractivity contribution in [2.24, 2.45) is 0 Å². The fourth-order valence-electron chi connectivity index (χ4n) is 3.70. The molecule has 3 rings (SSSR count). The molecule has 4 nitrogen and oxygen atoms in total.